The quantitative estimate of drug-likeness (QED) is 0.721. The van der Waals surface area contributed by atoms with E-state index in [2.05, 4.69) is 5.38 Å². The summed E-state index contributed by atoms with van der Waals surface area (Å²) < 4.78 is 0. The molecule has 0 aliphatic heterocycles. The van der Waals surface area contributed by atoms with Crippen LogP contribution in [0.4, 0.5) is 0 Å². The minimum absolute atomic E-state index is 0.105. The highest BCUT2D eigenvalue weighted by atomic mass is 32.1. The maximum atomic E-state index is 8.56. The van der Waals surface area contributed by atoms with Crippen molar-refractivity contribution >= 4 is 11.3 Å². The Hall–Kier alpha value is -0.380. The first-order chi connectivity index (χ1) is 5.34. The van der Waals surface area contributed by atoms with Gasteiger partial charge in [0, 0.05) is 12.6 Å². The molecule has 11 heavy (non-hydrogen) atoms. The fourth-order valence-electron chi connectivity index (χ4n) is 0.964. The second-order valence-electron chi connectivity index (χ2n) is 2.53. The molecule has 0 saturated carbocycles. The number of aliphatic hydroxyl groups is 1. The average molecular weight is 171 g/mol. The van der Waals surface area contributed by atoms with Crippen molar-refractivity contribution in [3.05, 3.63) is 22.4 Å². The topological polar surface area (TPSA) is 46.2 Å². The molecule has 3 N–H and O–H groups in total. The maximum absolute atomic E-state index is 8.56. The van der Waals surface area contributed by atoms with E-state index in [0.717, 1.165) is 12.8 Å². The van der Waals surface area contributed by atoms with Gasteiger partial charge >= 0.3 is 0 Å². The molecule has 0 amide bonds. The Morgan fingerprint density at radius 1 is 1.64 bits per heavy atom. The van der Waals surface area contributed by atoms with Gasteiger partial charge in [-0.3, -0.25) is 0 Å². The summed E-state index contributed by atoms with van der Waals surface area (Å²) in [7, 11) is 0. The zero-order valence-electron chi connectivity index (χ0n) is 6.36. The van der Waals surface area contributed by atoms with Gasteiger partial charge in [-0.25, -0.2) is 0 Å². The Balaban J connectivity index is 2.36. The van der Waals surface area contributed by atoms with E-state index in [-0.39, 0.29) is 12.6 Å². The van der Waals surface area contributed by atoms with Crippen LogP contribution in [-0.4, -0.2) is 11.7 Å². The summed E-state index contributed by atoms with van der Waals surface area (Å²) in [5, 5.41) is 12.6. The Morgan fingerprint density at radius 2 is 2.45 bits per heavy atom. The predicted molar refractivity (Wildman–Crippen MR) is 47.6 cm³/mol. The molecule has 0 radical (unpaired) electrons. The van der Waals surface area contributed by atoms with Crippen LogP contribution in [0.3, 0.4) is 0 Å². The SMILES string of the molecule is N[C@@H](CCCO)c1ccsc1. The smallest absolute Gasteiger partial charge is 0.0431 e. The zero-order chi connectivity index (χ0) is 8.10. The lowest BCUT2D eigenvalue weighted by Crippen LogP contribution is -2.09. The van der Waals surface area contributed by atoms with Gasteiger partial charge in [0.2, 0.25) is 0 Å². The van der Waals surface area contributed by atoms with Crippen molar-refractivity contribution in [1.82, 2.24) is 0 Å². The van der Waals surface area contributed by atoms with Crippen molar-refractivity contribution in [1.29, 1.82) is 0 Å². The van der Waals surface area contributed by atoms with Gasteiger partial charge in [0.15, 0.2) is 0 Å². The number of hydrogen-bond acceptors (Lipinski definition) is 3. The molecule has 1 aromatic heterocycles. The number of thiophene rings is 1. The van der Waals surface area contributed by atoms with Crippen LogP contribution in [-0.2, 0) is 0 Å². The molecule has 0 aliphatic carbocycles. The molecule has 1 rings (SSSR count). The molecule has 1 heterocycles. The lowest BCUT2D eigenvalue weighted by molar-refractivity contribution is 0.280. The van der Waals surface area contributed by atoms with Gasteiger partial charge in [0.25, 0.3) is 0 Å². The molecule has 0 unspecified atom stereocenters. The van der Waals surface area contributed by atoms with Crippen molar-refractivity contribution in [3.63, 3.8) is 0 Å². The van der Waals surface area contributed by atoms with Crippen LogP contribution in [0.25, 0.3) is 0 Å². The largest absolute Gasteiger partial charge is 0.396 e. The second kappa shape index (κ2) is 4.49. The van der Waals surface area contributed by atoms with Crippen molar-refractivity contribution in [3.8, 4) is 0 Å². The first-order valence-corrected chi connectivity index (χ1v) is 4.67. The molecule has 1 aromatic rings. The molecule has 3 heteroatoms. The van der Waals surface area contributed by atoms with E-state index in [9.17, 15) is 0 Å². The van der Waals surface area contributed by atoms with E-state index in [4.69, 9.17) is 10.8 Å². The van der Waals surface area contributed by atoms with E-state index in [0.29, 0.717) is 0 Å². The van der Waals surface area contributed by atoms with E-state index < -0.39 is 0 Å². The van der Waals surface area contributed by atoms with E-state index >= 15 is 0 Å². The fourth-order valence-corrected chi connectivity index (χ4v) is 1.69. The van der Waals surface area contributed by atoms with E-state index in [1.807, 2.05) is 11.4 Å². The molecule has 2 nitrogen and oxygen atoms in total. The molecular formula is C8H13NOS. The maximum Gasteiger partial charge on any atom is 0.0431 e. The monoisotopic (exact) mass is 171 g/mol. The number of hydrogen-bond donors (Lipinski definition) is 2. The van der Waals surface area contributed by atoms with Gasteiger partial charge in [-0.2, -0.15) is 11.3 Å². The highest BCUT2D eigenvalue weighted by Crippen LogP contribution is 2.17. The molecular weight excluding hydrogens is 158 g/mol. The highest BCUT2D eigenvalue weighted by Gasteiger charge is 2.04. The average Bonchev–Trinajstić information content (AvgIpc) is 2.52. The Morgan fingerprint density at radius 3 is 3.00 bits per heavy atom. The lowest BCUT2D eigenvalue weighted by Gasteiger charge is -2.07. The summed E-state index contributed by atoms with van der Waals surface area (Å²) >= 11 is 1.66. The van der Waals surface area contributed by atoms with Crippen LogP contribution in [0.2, 0.25) is 0 Å². The van der Waals surface area contributed by atoms with Crippen molar-refractivity contribution < 1.29 is 5.11 Å². The van der Waals surface area contributed by atoms with Gasteiger partial charge in [-0.15, -0.1) is 0 Å². The van der Waals surface area contributed by atoms with Crippen LogP contribution in [0, 0.1) is 0 Å². The molecule has 62 valence electrons. The third-order valence-corrected chi connectivity index (χ3v) is 2.35. The summed E-state index contributed by atoms with van der Waals surface area (Å²) in [6.45, 7) is 0.234. The van der Waals surface area contributed by atoms with Gasteiger partial charge in [0.1, 0.15) is 0 Å². The number of aliphatic hydroxyl groups excluding tert-OH is 1. The van der Waals surface area contributed by atoms with Crippen LogP contribution in [0.5, 0.6) is 0 Å². The second-order valence-corrected chi connectivity index (χ2v) is 3.31. The van der Waals surface area contributed by atoms with Gasteiger partial charge in [0.05, 0.1) is 0 Å². The number of rotatable bonds is 4. The van der Waals surface area contributed by atoms with Crippen molar-refractivity contribution in [2.45, 2.75) is 18.9 Å². The molecule has 1 atom stereocenters. The molecule has 0 spiro atoms. The third kappa shape index (κ3) is 2.61. The Labute approximate surface area is 70.7 Å². The minimum Gasteiger partial charge on any atom is -0.396 e. The van der Waals surface area contributed by atoms with Gasteiger partial charge in [-0.1, -0.05) is 0 Å². The summed E-state index contributed by atoms with van der Waals surface area (Å²) in [6, 6.07) is 2.14. The molecule has 0 saturated heterocycles. The summed E-state index contributed by atoms with van der Waals surface area (Å²) in [4.78, 5) is 0. The van der Waals surface area contributed by atoms with Gasteiger partial charge in [-0.05, 0) is 35.2 Å². The first kappa shape index (κ1) is 8.71. The van der Waals surface area contributed by atoms with Crippen LogP contribution in [0.15, 0.2) is 16.8 Å². The Bertz CT molecular complexity index is 186. The number of nitrogens with two attached hydrogens (primary N) is 1. The lowest BCUT2D eigenvalue weighted by atomic mass is 10.1. The summed E-state index contributed by atoms with van der Waals surface area (Å²) in [5.74, 6) is 0. The molecule has 0 bridgehead atoms. The minimum atomic E-state index is 0.105. The molecule has 0 aliphatic rings. The van der Waals surface area contributed by atoms with Crippen LogP contribution in [0.1, 0.15) is 24.4 Å². The van der Waals surface area contributed by atoms with Crippen molar-refractivity contribution in [2.24, 2.45) is 5.73 Å². The summed E-state index contributed by atoms with van der Waals surface area (Å²) in [5.41, 5.74) is 7.00. The highest BCUT2D eigenvalue weighted by molar-refractivity contribution is 7.07. The first-order valence-electron chi connectivity index (χ1n) is 3.73. The predicted octanol–water partition coefficient (Wildman–Crippen LogP) is 1.52. The van der Waals surface area contributed by atoms with Crippen molar-refractivity contribution in [2.75, 3.05) is 6.61 Å². The Kier molecular flexibility index (Phi) is 3.56. The molecule has 0 fully saturated rings. The van der Waals surface area contributed by atoms with Crippen LogP contribution >= 0.6 is 11.3 Å². The normalized spacial score (nSPS) is 13.3. The zero-order valence-corrected chi connectivity index (χ0v) is 7.18. The van der Waals surface area contributed by atoms with E-state index in [1.165, 1.54) is 5.56 Å². The van der Waals surface area contributed by atoms with Gasteiger partial charge < -0.3 is 10.8 Å². The standard InChI is InChI=1S/C8H13NOS/c9-8(2-1-4-10)7-3-5-11-6-7/h3,5-6,8,10H,1-2,4,9H2/t8-/m0/s1. The third-order valence-electron chi connectivity index (χ3n) is 1.64. The molecule has 0 aromatic carbocycles. The fraction of sp³-hybridized carbons (Fsp3) is 0.500. The van der Waals surface area contributed by atoms with E-state index in [1.54, 1.807) is 11.3 Å². The van der Waals surface area contributed by atoms with Crippen LogP contribution < -0.4 is 5.73 Å². The summed E-state index contributed by atoms with van der Waals surface area (Å²) in [6.07, 6.45) is 1.66.